The number of likely N-dealkylation sites (N-methyl/N-ethyl adjacent to an activating group) is 1. The summed E-state index contributed by atoms with van der Waals surface area (Å²) in [6.45, 7) is 2.14. The first-order chi connectivity index (χ1) is 9.38. The van der Waals surface area contributed by atoms with Crippen LogP contribution in [-0.4, -0.2) is 37.5 Å². The van der Waals surface area contributed by atoms with Crippen molar-refractivity contribution < 1.29 is 13.5 Å². The molecule has 4 nitrogen and oxygen atoms in total. The highest BCUT2D eigenvalue weighted by molar-refractivity contribution is 7.92. The van der Waals surface area contributed by atoms with Gasteiger partial charge in [0.15, 0.2) is 0 Å². The maximum atomic E-state index is 12.1. The van der Waals surface area contributed by atoms with Crippen molar-refractivity contribution >= 4 is 16.1 Å². The van der Waals surface area contributed by atoms with Gasteiger partial charge in [0.1, 0.15) is 0 Å². The third-order valence-corrected chi connectivity index (χ3v) is 5.05. The molecule has 0 aliphatic heterocycles. The van der Waals surface area contributed by atoms with Gasteiger partial charge in [-0.2, -0.15) is 4.31 Å². The van der Waals surface area contributed by atoms with E-state index in [1.54, 1.807) is 6.08 Å². The minimum atomic E-state index is -3.48. The van der Waals surface area contributed by atoms with E-state index < -0.39 is 16.1 Å². The molecule has 0 heterocycles. The molecule has 1 aromatic carbocycles. The Morgan fingerprint density at radius 3 is 2.50 bits per heavy atom. The van der Waals surface area contributed by atoms with Crippen LogP contribution in [0.1, 0.15) is 24.0 Å². The van der Waals surface area contributed by atoms with Gasteiger partial charge in [0.25, 0.3) is 0 Å². The van der Waals surface area contributed by atoms with Crippen LogP contribution >= 0.6 is 0 Å². The van der Waals surface area contributed by atoms with E-state index in [-0.39, 0.29) is 12.5 Å². The van der Waals surface area contributed by atoms with Gasteiger partial charge in [-0.25, -0.2) is 8.42 Å². The summed E-state index contributed by atoms with van der Waals surface area (Å²) >= 11 is 0. The molecule has 0 amide bonds. The Morgan fingerprint density at radius 1 is 1.35 bits per heavy atom. The third kappa shape index (κ3) is 4.16. The Hall–Kier alpha value is -1.17. The molecule has 110 valence electrons. The molecule has 1 aliphatic rings. The summed E-state index contributed by atoms with van der Waals surface area (Å²) in [7, 11) is -1.98. The van der Waals surface area contributed by atoms with Gasteiger partial charge in [0, 0.05) is 19.0 Å². The lowest BCUT2D eigenvalue weighted by atomic mass is 10.2. The molecular formula is C15H21NO3S. The van der Waals surface area contributed by atoms with Gasteiger partial charge in [-0.1, -0.05) is 29.8 Å². The summed E-state index contributed by atoms with van der Waals surface area (Å²) in [5, 5.41) is 11.0. The van der Waals surface area contributed by atoms with Crippen LogP contribution in [0.2, 0.25) is 0 Å². The van der Waals surface area contributed by atoms with Gasteiger partial charge in [-0.05, 0) is 37.3 Å². The number of aliphatic hydroxyl groups excluding tert-OH is 1. The number of hydrogen-bond acceptors (Lipinski definition) is 3. The highest BCUT2D eigenvalue weighted by Gasteiger charge is 2.32. The molecule has 1 aromatic rings. The molecule has 1 N–H and O–H groups in total. The summed E-state index contributed by atoms with van der Waals surface area (Å²) in [4.78, 5) is 0. The fourth-order valence-corrected chi connectivity index (χ4v) is 2.84. The maximum absolute atomic E-state index is 12.1. The molecule has 1 atom stereocenters. The van der Waals surface area contributed by atoms with Crippen molar-refractivity contribution in [2.75, 3.05) is 13.6 Å². The number of rotatable bonds is 6. The number of hydrogen-bond donors (Lipinski definition) is 1. The Balaban J connectivity index is 2.00. The van der Waals surface area contributed by atoms with Crippen LogP contribution in [0, 0.1) is 12.8 Å². The average Bonchev–Trinajstić information content (AvgIpc) is 3.22. The van der Waals surface area contributed by atoms with Crippen LogP contribution < -0.4 is 0 Å². The van der Waals surface area contributed by atoms with E-state index in [2.05, 4.69) is 0 Å². The maximum Gasteiger partial charge on any atom is 0.236 e. The number of aliphatic hydroxyl groups is 1. The summed E-state index contributed by atoms with van der Waals surface area (Å²) in [5.74, 6) is 0.272. The number of nitrogens with zero attached hydrogens (tertiary/aromatic N) is 1. The van der Waals surface area contributed by atoms with Gasteiger partial charge >= 0.3 is 0 Å². The molecule has 5 heteroatoms. The zero-order valence-electron chi connectivity index (χ0n) is 11.9. The molecular weight excluding hydrogens is 274 g/mol. The van der Waals surface area contributed by atoms with Crippen LogP contribution in [0.5, 0.6) is 0 Å². The van der Waals surface area contributed by atoms with Crippen LogP contribution in [0.15, 0.2) is 29.7 Å². The zero-order valence-corrected chi connectivity index (χ0v) is 12.7. The fraction of sp³-hybridized carbons (Fsp3) is 0.467. The van der Waals surface area contributed by atoms with Crippen molar-refractivity contribution in [2.45, 2.75) is 25.9 Å². The van der Waals surface area contributed by atoms with Crippen molar-refractivity contribution in [1.82, 2.24) is 4.31 Å². The molecule has 0 radical (unpaired) electrons. The molecule has 1 unspecified atom stereocenters. The predicted molar refractivity (Wildman–Crippen MR) is 80.5 cm³/mol. The topological polar surface area (TPSA) is 57.6 Å². The molecule has 0 saturated heterocycles. The molecule has 0 aromatic heterocycles. The van der Waals surface area contributed by atoms with Gasteiger partial charge in [-0.3, -0.25) is 0 Å². The van der Waals surface area contributed by atoms with E-state index in [4.69, 9.17) is 0 Å². The minimum Gasteiger partial charge on any atom is -0.391 e. The Morgan fingerprint density at radius 2 is 1.95 bits per heavy atom. The number of aryl methyl sites for hydroxylation is 1. The third-order valence-electron chi connectivity index (χ3n) is 3.55. The Labute approximate surface area is 120 Å². The van der Waals surface area contributed by atoms with Gasteiger partial charge in [-0.15, -0.1) is 0 Å². The van der Waals surface area contributed by atoms with E-state index >= 15 is 0 Å². The van der Waals surface area contributed by atoms with Crippen LogP contribution in [0.4, 0.5) is 0 Å². The summed E-state index contributed by atoms with van der Waals surface area (Å²) in [5.41, 5.74) is 1.98. The number of sulfonamides is 1. The Kier molecular flexibility index (Phi) is 4.62. The van der Waals surface area contributed by atoms with Crippen LogP contribution in [0.3, 0.4) is 0 Å². The van der Waals surface area contributed by atoms with E-state index in [9.17, 15) is 13.5 Å². The second kappa shape index (κ2) is 6.08. The van der Waals surface area contributed by atoms with Crippen molar-refractivity contribution in [1.29, 1.82) is 0 Å². The number of benzene rings is 1. The van der Waals surface area contributed by atoms with E-state index in [0.29, 0.717) is 0 Å². The minimum absolute atomic E-state index is 0.158. The first kappa shape index (κ1) is 15.2. The summed E-state index contributed by atoms with van der Waals surface area (Å²) in [6.07, 6.45) is 3.01. The van der Waals surface area contributed by atoms with E-state index in [1.807, 2.05) is 31.2 Å². The fourth-order valence-electron chi connectivity index (χ4n) is 1.94. The van der Waals surface area contributed by atoms with Gasteiger partial charge < -0.3 is 5.11 Å². The molecule has 0 spiro atoms. The first-order valence-corrected chi connectivity index (χ1v) is 8.28. The molecule has 1 aliphatic carbocycles. The molecule has 0 bridgehead atoms. The highest BCUT2D eigenvalue weighted by atomic mass is 32.2. The van der Waals surface area contributed by atoms with Crippen LogP contribution in [-0.2, 0) is 10.0 Å². The molecule has 2 rings (SSSR count). The lowest BCUT2D eigenvalue weighted by molar-refractivity contribution is 0.131. The van der Waals surface area contributed by atoms with E-state index in [0.717, 1.165) is 24.0 Å². The smallest absolute Gasteiger partial charge is 0.236 e. The SMILES string of the molecule is Cc1ccc(/C=C/S(=O)(=O)N(C)CC(O)C2CC2)cc1. The normalized spacial score (nSPS) is 17.8. The van der Waals surface area contributed by atoms with Crippen molar-refractivity contribution in [3.63, 3.8) is 0 Å². The van der Waals surface area contributed by atoms with E-state index in [1.165, 1.54) is 16.8 Å². The molecule has 20 heavy (non-hydrogen) atoms. The van der Waals surface area contributed by atoms with Crippen molar-refractivity contribution in [2.24, 2.45) is 5.92 Å². The highest BCUT2D eigenvalue weighted by Crippen LogP contribution is 2.33. The summed E-state index contributed by atoms with van der Waals surface area (Å²) < 4.78 is 25.4. The van der Waals surface area contributed by atoms with Gasteiger partial charge in [0.2, 0.25) is 10.0 Å². The Bertz CT molecular complexity index is 574. The zero-order chi connectivity index (χ0) is 14.8. The second-order valence-electron chi connectivity index (χ2n) is 5.44. The van der Waals surface area contributed by atoms with Crippen LogP contribution in [0.25, 0.3) is 6.08 Å². The lowest BCUT2D eigenvalue weighted by Gasteiger charge is -2.18. The summed E-state index contributed by atoms with van der Waals surface area (Å²) in [6, 6.07) is 7.63. The monoisotopic (exact) mass is 295 g/mol. The van der Waals surface area contributed by atoms with Crippen molar-refractivity contribution in [3.8, 4) is 0 Å². The largest absolute Gasteiger partial charge is 0.391 e. The lowest BCUT2D eigenvalue weighted by Crippen LogP contribution is -2.34. The standard InChI is InChI=1S/C15H21NO3S/c1-12-3-5-13(6-4-12)9-10-20(18,19)16(2)11-15(17)14-7-8-14/h3-6,9-10,14-15,17H,7-8,11H2,1-2H3/b10-9+. The van der Waals surface area contributed by atoms with Gasteiger partial charge in [0.05, 0.1) is 6.10 Å². The average molecular weight is 295 g/mol. The predicted octanol–water partition coefficient (Wildman–Crippen LogP) is 2.00. The molecule has 1 fully saturated rings. The molecule has 1 saturated carbocycles. The quantitative estimate of drug-likeness (QED) is 0.873. The van der Waals surface area contributed by atoms with Crippen molar-refractivity contribution in [3.05, 3.63) is 40.8 Å². The first-order valence-electron chi connectivity index (χ1n) is 6.77. The second-order valence-corrected chi connectivity index (χ2v) is 7.37.